The van der Waals surface area contributed by atoms with Crippen molar-refractivity contribution in [2.45, 2.75) is 18.9 Å². The summed E-state index contributed by atoms with van der Waals surface area (Å²) in [5.41, 5.74) is 2.43. The third-order valence-electron chi connectivity index (χ3n) is 3.68. The van der Waals surface area contributed by atoms with Crippen molar-refractivity contribution in [3.63, 3.8) is 0 Å². The number of piperidine rings is 1. The number of aromatic nitrogens is 1. The lowest BCUT2D eigenvalue weighted by Crippen LogP contribution is -2.45. The highest BCUT2D eigenvalue weighted by Gasteiger charge is 2.27. The molecule has 8 heteroatoms. The van der Waals surface area contributed by atoms with Gasteiger partial charge in [0, 0.05) is 25.7 Å². The van der Waals surface area contributed by atoms with Crippen molar-refractivity contribution in [3.05, 3.63) is 22.2 Å². The van der Waals surface area contributed by atoms with Gasteiger partial charge in [0.1, 0.15) is 5.82 Å². The summed E-state index contributed by atoms with van der Waals surface area (Å²) in [6.45, 7) is 1.93. The van der Waals surface area contributed by atoms with Crippen LogP contribution < -0.4 is 16.2 Å². The number of likely N-dealkylation sites (N-methyl/N-ethyl adjacent to an activating group) is 2. The van der Waals surface area contributed by atoms with Gasteiger partial charge in [-0.15, -0.1) is 0 Å². The Morgan fingerprint density at radius 1 is 1.60 bits per heavy atom. The Morgan fingerprint density at radius 3 is 2.95 bits per heavy atom. The van der Waals surface area contributed by atoms with Crippen molar-refractivity contribution in [1.29, 1.82) is 0 Å². The number of pyridine rings is 1. The van der Waals surface area contributed by atoms with Gasteiger partial charge in [0.2, 0.25) is 5.82 Å². The SMILES string of the molecule is CN1CCCC(N(C)c2nc(NN)ccc2[N+](=O)[O-])C1. The fraction of sp³-hybridized carbons (Fsp3) is 0.583. The van der Waals surface area contributed by atoms with Crippen LogP contribution in [0.1, 0.15) is 12.8 Å². The van der Waals surface area contributed by atoms with Crippen LogP contribution in [0.3, 0.4) is 0 Å². The highest BCUT2D eigenvalue weighted by molar-refractivity contribution is 5.61. The van der Waals surface area contributed by atoms with Gasteiger partial charge in [0.05, 0.1) is 4.92 Å². The predicted octanol–water partition coefficient (Wildman–Crippen LogP) is 0.806. The number of nitrogen functional groups attached to an aromatic ring is 1. The summed E-state index contributed by atoms with van der Waals surface area (Å²) in [7, 11) is 3.90. The maximum absolute atomic E-state index is 11.1. The number of hydrogen-bond donors (Lipinski definition) is 2. The van der Waals surface area contributed by atoms with Crippen LogP contribution in [0.15, 0.2) is 12.1 Å². The topological polar surface area (TPSA) is 101 Å². The van der Waals surface area contributed by atoms with Crippen LogP contribution in [0.25, 0.3) is 0 Å². The van der Waals surface area contributed by atoms with Crippen LogP contribution in [-0.2, 0) is 0 Å². The van der Waals surface area contributed by atoms with Crippen LogP contribution in [0.4, 0.5) is 17.3 Å². The molecule has 8 nitrogen and oxygen atoms in total. The van der Waals surface area contributed by atoms with Crippen LogP contribution >= 0.6 is 0 Å². The molecule has 0 spiro atoms. The van der Waals surface area contributed by atoms with Crippen molar-refractivity contribution < 1.29 is 4.92 Å². The summed E-state index contributed by atoms with van der Waals surface area (Å²) in [5.74, 6) is 6.11. The van der Waals surface area contributed by atoms with E-state index in [0.29, 0.717) is 11.6 Å². The molecule has 2 rings (SSSR count). The van der Waals surface area contributed by atoms with E-state index >= 15 is 0 Å². The predicted molar refractivity (Wildman–Crippen MR) is 77.6 cm³/mol. The van der Waals surface area contributed by atoms with Gasteiger partial charge in [-0.2, -0.15) is 0 Å². The fourth-order valence-corrected chi connectivity index (χ4v) is 2.55. The third kappa shape index (κ3) is 2.97. The van der Waals surface area contributed by atoms with Crippen molar-refractivity contribution >= 4 is 17.3 Å². The van der Waals surface area contributed by atoms with Crippen LogP contribution in [-0.4, -0.2) is 48.0 Å². The van der Waals surface area contributed by atoms with Gasteiger partial charge < -0.3 is 15.2 Å². The molecule has 0 amide bonds. The zero-order chi connectivity index (χ0) is 14.7. The number of nitro groups is 1. The first-order chi connectivity index (χ1) is 9.52. The minimum atomic E-state index is -0.411. The van der Waals surface area contributed by atoms with Crippen LogP contribution in [0.5, 0.6) is 0 Å². The third-order valence-corrected chi connectivity index (χ3v) is 3.68. The number of nitrogens with one attached hydrogen (secondary N) is 1. The molecule has 1 aromatic heterocycles. The average Bonchev–Trinajstić information content (AvgIpc) is 2.45. The van der Waals surface area contributed by atoms with Crippen molar-refractivity contribution in [2.24, 2.45) is 5.84 Å². The maximum Gasteiger partial charge on any atom is 0.311 e. The molecule has 1 atom stereocenters. The van der Waals surface area contributed by atoms with E-state index in [9.17, 15) is 10.1 Å². The molecular weight excluding hydrogens is 260 g/mol. The largest absolute Gasteiger partial charge is 0.350 e. The average molecular weight is 280 g/mol. The number of nitrogens with two attached hydrogens (primary N) is 1. The molecule has 0 bridgehead atoms. The van der Waals surface area contributed by atoms with Gasteiger partial charge in [-0.1, -0.05) is 0 Å². The standard InChI is InChI=1S/C12H20N6O2/c1-16-7-3-4-9(8-16)17(2)12-10(18(19)20)5-6-11(14-12)15-13/h5-6,9H,3-4,7-8,13H2,1-2H3,(H,14,15). The second-order valence-corrected chi connectivity index (χ2v) is 5.11. The minimum Gasteiger partial charge on any atom is -0.350 e. The normalized spacial score (nSPS) is 19.6. The van der Waals surface area contributed by atoms with E-state index in [4.69, 9.17) is 5.84 Å². The van der Waals surface area contributed by atoms with Gasteiger partial charge >= 0.3 is 5.69 Å². The number of nitrogens with zero attached hydrogens (tertiary/aromatic N) is 4. The van der Waals surface area contributed by atoms with Crippen molar-refractivity contribution in [2.75, 3.05) is 37.5 Å². The Balaban J connectivity index is 2.31. The van der Waals surface area contributed by atoms with Gasteiger partial charge in [-0.3, -0.25) is 10.1 Å². The molecule has 2 heterocycles. The molecule has 1 fully saturated rings. The monoisotopic (exact) mass is 280 g/mol. The summed E-state index contributed by atoms with van der Waals surface area (Å²) in [6.07, 6.45) is 2.08. The smallest absolute Gasteiger partial charge is 0.311 e. The first-order valence-electron chi connectivity index (χ1n) is 6.56. The second kappa shape index (κ2) is 6.02. The zero-order valence-corrected chi connectivity index (χ0v) is 11.7. The number of hydrogen-bond acceptors (Lipinski definition) is 7. The Labute approximate surface area is 117 Å². The summed E-state index contributed by atoms with van der Waals surface area (Å²) in [6, 6.07) is 3.15. The summed E-state index contributed by atoms with van der Waals surface area (Å²) >= 11 is 0. The molecule has 1 unspecified atom stereocenters. The second-order valence-electron chi connectivity index (χ2n) is 5.11. The maximum atomic E-state index is 11.1. The van der Waals surface area contributed by atoms with E-state index in [1.54, 1.807) is 0 Å². The van der Waals surface area contributed by atoms with Crippen molar-refractivity contribution in [3.8, 4) is 0 Å². The Hall–Kier alpha value is -1.93. The highest BCUT2D eigenvalue weighted by atomic mass is 16.6. The minimum absolute atomic E-state index is 0.000253. The van der Waals surface area contributed by atoms with Crippen LogP contribution in [0.2, 0.25) is 0 Å². The van der Waals surface area contributed by atoms with E-state index in [-0.39, 0.29) is 11.7 Å². The van der Waals surface area contributed by atoms with E-state index in [1.165, 1.54) is 12.1 Å². The van der Waals surface area contributed by atoms with E-state index < -0.39 is 4.92 Å². The first kappa shape index (κ1) is 14.5. The Bertz CT molecular complexity index is 495. The van der Waals surface area contributed by atoms with E-state index in [2.05, 4.69) is 22.4 Å². The molecule has 0 saturated carbocycles. The molecule has 3 N–H and O–H groups in total. The van der Waals surface area contributed by atoms with Crippen LogP contribution in [0, 0.1) is 10.1 Å². The van der Waals surface area contributed by atoms with E-state index in [1.807, 2.05) is 11.9 Å². The summed E-state index contributed by atoms with van der Waals surface area (Å²) in [4.78, 5) is 19.1. The Morgan fingerprint density at radius 2 is 2.35 bits per heavy atom. The molecule has 20 heavy (non-hydrogen) atoms. The fourth-order valence-electron chi connectivity index (χ4n) is 2.55. The van der Waals surface area contributed by atoms with E-state index in [0.717, 1.165) is 25.9 Å². The van der Waals surface area contributed by atoms with Gasteiger partial charge in [-0.05, 0) is 32.5 Å². The van der Waals surface area contributed by atoms with Gasteiger partial charge in [-0.25, -0.2) is 10.8 Å². The van der Waals surface area contributed by atoms with Gasteiger partial charge in [0.25, 0.3) is 0 Å². The molecule has 0 aromatic carbocycles. The molecule has 110 valence electrons. The molecule has 1 aliphatic rings. The highest BCUT2D eigenvalue weighted by Crippen LogP contribution is 2.29. The zero-order valence-electron chi connectivity index (χ0n) is 11.7. The van der Waals surface area contributed by atoms with Crippen molar-refractivity contribution in [1.82, 2.24) is 9.88 Å². The summed E-state index contributed by atoms with van der Waals surface area (Å²) in [5, 5.41) is 11.1. The lowest BCUT2D eigenvalue weighted by molar-refractivity contribution is -0.384. The molecule has 0 aliphatic carbocycles. The molecule has 1 aliphatic heterocycles. The Kier molecular flexibility index (Phi) is 4.35. The molecule has 0 radical (unpaired) electrons. The number of hydrazine groups is 1. The number of likely N-dealkylation sites (tertiary alicyclic amines) is 1. The summed E-state index contributed by atoms with van der Waals surface area (Å²) < 4.78 is 0. The molecule has 1 saturated heterocycles. The van der Waals surface area contributed by atoms with Gasteiger partial charge in [0.15, 0.2) is 0 Å². The molecule has 1 aromatic rings. The lowest BCUT2D eigenvalue weighted by atomic mass is 10.0. The molecular formula is C12H20N6O2. The lowest BCUT2D eigenvalue weighted by Gasteiger charge is -2.36. The quantitative estimate of drug-likeness (QED) is 0.478. The number of anilines is 2. The first-order valence-corrected chi connectivity index (χ1v) is 6.56. The number of rotatable bonds is 4.